The standard InChI is InChI=1S/C9H7NO2/c11-9(12)7-3-5-10-4-1-2-8(10)6-7/h1-6H,(H,11,12). The second-order valence-electron chi connectivity index (χ2n) is 2.56. The van der Waals surface area contributed by atoms with Crippen molar-refractivity contribution in [1.82, 2.24) is 4.40 Å². The molecule has 0 aliphatic rings. The van der Waals surface area contributed by atoms with Gasteiger partial charge in [-0.2, -0.15) is 0 Å². The molecule has 0 saturated carbocycles. The SMILES string of the molecule is O=C(O)c1ccn2cccc2c1. The average Bonchev–Trinajstić information content (AvgIpc) is 2.49. The molecule has 0 spiro atoms. The maximum absolute atomic E-state index is 10.6. The van der Waals surface area contributed by atoms with Crippen LogP contribution in [0.2, 0.25) is 0 Å². The van der Waals surface area contributed by atoms with Gasteiger partial charge in [-0.3, -0.25) is 0 Å². The smallest absolute Gasteiger partial charge is 0.335 e. The Morgan fingerprint density at radius 3 is 2.92 bits per heavy atom. The topological polar surface area (TPSA) is 41.7 Å². The number of aromatic carboxylic acids is 1. The number of aromatic nitrogens is 1. The predicted octanol–water partition coefficient (Wildman–Crippen LogP) is 1.64. The summed E-state index contributed by atoms with van der Waals surface area (Å²) in [4.78, 5) is 10.6. The van der Waals surface area contributed by atoms with Gasteiger partial charge in [-0.1, -0.05) is 0 Å². The van der Waals surface area contributed by atoms with Crippen molar-refractivity contribution in [3.8, 4) is 0 Å². The van der Waals surface area contributed by atoms with Crippen molar-refractivity contribution in [2.24, 2.45) is 0 Å². The Morgan fingerprint density at radius 1 is 1.33 bits per heavy atom. The molecule has 0 amide bonds. The molecule has 0 aliphatic heterocycles. The van der Waals surface area contributed by atoms with E-state index in [1.807, 2.05) is 22.7 Å². The molecule has 0 fully saturated rings. The zero-order chi connectivity index (χ0) is 8.55. The second kappa shape index (κ2) is 2.37. The van der Waals surface area contributed by atoms with Gasteiger partial charge in [0.05, 0.1) is 5.56 Å². The summed E-state index contributed by atoms with van der Waals surface area (Å²) in [6, 6.07) is 6.96. The summed E-state index contributed by atoms with van der Waals surface area (Å²) in [5.41, 5.74) is 1.22. The Hall–Kier alpha value is -1.77. The molecule has 0 atom stereocenters. The molecular weight excluding hydrogens is 154 g/mol. The third-order valence-electron chi connectivity index (χ3n) is 1.78. The monoisotopic (exact) mass is 161 g/mol. The molecule has 0 aliphatic carbocycles. The van der Waals surface area contributed by atoms with Crippen molar-refractivity contribution < 1.29 is 9.90 Å². The highest BCUT2D eigenvalue weighted by Crippen LogP contribution is 2.07. The highest BCUT2D eigenvalue weighted by atomic mass is 16.4. The van der Waals surface area contributed by atoms with Gasteiger partial charge in [0.2, 0.25) is 0 Å². The lowest BCUT2D eigenvalue weighted by Gasteiger charge is -1.96. The lowest BCUT2D eigenvalue weighted by atomic mass is 10.2. The van der Waals surface area contributed by atoms with Crippen LogP contribution in [0.25, 0.3) is 5.52 Å². The fraction of sp³-hybridized carbons (Fsp3) is 0. The maximum atomic E-state index is 10.6. The molecule has 2 rings (SSSR count). The average molecular weight is 161 g/mol. The van der Waals surface area contributed by atoms with Crippen molar-refractivity contribution in [1.29, 1.82) is 0 Å². The van der Waals surface area contributed by atoms with Gasteiger partial charge in [0.15, 0.2) is 0 Å². The Kier molecular flexibility index (Phi) is 1.37. The molecular formula is C9H7NO2. The number of hydrogen-bond donors (Lipinski definition) is 1. The molecule has 60 valence electrons. The number of nitrogens with zero attached hydrogens (tertiary/aromatic N) is 1. The third kappa shape index (κ3) is 0.955. The zero-order valence-corrected chi connectivity index (χ0v) is 6.27. The molecule has 3 heteroatoms. The van der Waals surface area contributed by atoms with E-state index in [-0.39, 0.29) is 0 Å². The van der Waals surface area contributed by atoms with E-state index in [2.05, 4.69) is 0 Å². The van der Waals surface area contributed by atoms with Gasteiger partial charge < -0.3 is 9.51 Å². The van der Waals surface area contributed by atoms with Crippen LogP contribution >= 0.6 is 0 Å². The maximum Gasteiger partial charge on any atom is 0.335 e. The van der Waals surface area contributed by atoms with Crippen molar-refractivity contribution in [2.45, 2.75) is 0 Å². The summed E-state index contributed by atoms with van der Waals surface area (Å²) < 4.78 is 1.87. The first-order valence-electron chi connectivity index (χ1n) is 3.57. The Labute approximate surface area is 68.9 Å². The minimum Gasteiger partial charge on any atom is -0.478 e. The van der Waals surface area contributed by atoms with Crippen molar-refractivity contribution in [3.63, 3.8) is 0 Å². The van der Waals surface area contributed by atoms with Crippen LogP contribution in [0.3, 0.4) is 0 Å². The fourth-order valence-electron chi connectivity index (χ4n) is 1.17. The van der Waals surface area contributed by atoms with E-state index in [4.69, 9.17) is 5.11 Å². The summed E-state index contributed by atoms with van der Waals surface area (Å²) in [5, 5.41) is 8.67. The van der Waals surface area contributed by atoms with E-state index in [9.17, 15) is 4.79 Å². The number of pyridine rings is 1. The van der Waals surface area contributed by atoms with Crippen LogP contribution in [0.5, 0.6) is 0 Å². The third-order valence-corrected chi connectivity index (χ3v) is 1.78. The predicted molar refractivity (Wildman–Crippen MR) is 44.4 cm³/mol. The molecule has 0 unspecified atom stereocenters. The van der Waals surface area contributed by atoms with E-state index in [0.717, 1.165) is 5.52 Å². The Bertz CT molecular complexity index is 431. The van der Waals surface area contributed by atoms with Crippen LogP contribution in [-0.4, -0.2) is 15.5 Å². The van der Waals surface area contributed by atoms with E-state index >= 15 is 0 Å². The lowest BCUT2D eigenvalue weighted by molar-refractivity contribution is 0.0697. The summed E-state index contributed by atoms with van der Waals surface area (Å²) in [6.45, 7) is 0. The first-order chi connectivity index (χ1) is 5.77. The highest BCUT2D eigenvalue weighted by molar-refractivity contribution is 5.88. The molecule has 12 heavy (non-hydrogen) atoms. The van der Waals surface area contributed by atoms with E-state index in [0.29, 0.717) is 5.56 Å². The first-order valence-corrected chi connectivity index (χ1v) is 3.57. The van der Waals surface area contributed by atoms with Gasteiger partial charge in [-0.25, -0.2) is 4.79 Å². The van der Waals surface area contributed by atoms with Gasteiger partial charge in [-0.15, -0.1) is 0 Å². The molecule has 0 saturated heterocycles. The van der Waals surface area contributed by atoms with Crippen LogP contribution in [0.4, 0.5) is 0 Å². The highest BCUT2D eigenvalue weighted by Gasteiger charge is 2.01. The summed E-state index contributed by atoms with van der Waals surface area (Å²) in [5.74, 6) is -0.890. The molecule has 0 radical (unpaired) electrons. The second-order valence-corrected chi connectivity index (χ2v) is 2.56. The van der Waals surface area contributed by atoms with Gasteiger partial charge in [-0.05, 0) is 24.3 Å². The number of hydrogen-bond acceptors (Lipinski definition) is 1. The minimum absolute atomic E-state index is 0.321. The largest absolute Gasteiger partial charge is 0.478 e. The van der Waals surface area contributed by atoms with Gasteiger partial charge in [0, 0.05) is 17.9 Å². The normalized spacial score (nSPS) is 10.3. The summed E-state index contributed by atoms with van der Waals surface area (Å²) >= 11 is 0. The number of carboxylic acid groups (broad SMARTS) is 1. The number of carboxylic acids is 1. The van der Waals surface area contributed by atoms with Gasteiger partial charge in [0.1, 0.15) is 0 Å². The zero-order valence-electron chi connectivity index (χ0n) is 6.27. The van der Waals surface area contributed by atoms with Gasteiger partial charge in [0.25, 0.3) is 0 Å². The van der Waals surface area contributed by atoms with Crippen LogP contribution < -0.4 is 0 Å². The summed E-state index contributed by atoms with van der Waals surface area (Å²) in [6.07, 6.45) is 3.61. The van der Waals surface area contributed by atoms with Gasteiger partial charge >= 0.3 is 5.97 Å². The van der Waals surface area contributed by atoms with Crippen LogP contribution in [0.15, 0.2) is 36.7 Å². The minimum atomic E-state index is -0.890. The molecule has 0 bridgehead atoms. The fourth-order valence-corrected chi connectivity index (χ4v) is 1.17. The number of rotatable bonds is 1. The Morgan fingerprint density at radius 2 is 2.17 bits per heavy atom. The van der Waals surface area contributed by atoms with Crippen molar-refractivity contribution in [2.75, 3.05) is 0 Å². The van der Waals surface area contributed by atoms with E-state index < -0.39 is 5.97 Å². The van der Waals surface area contributed by atoms with Crippen LogP contribution in [-0.2, 0) is 0 Å². The van der Waals surface area contributed by atoms with Crippen molar-refractivity contribution >= 4 is 11.5 Å². The van der Waals surface area contributed by atoms with Crippen LogP contribution in [0.1, 0.15) is 10.4 Å². The molecule has 2 aromatic heterocycles. The molecule has 2 heterocycles. The number of fused-ring (bicyclic) bond motifs is 1. The molecule has 0 aromatic carbocycles. The molecule has 3 nitrogen and oxygen atoms in total. The van der Waals surface area contributed by atoms with E-state index in [1.54, 1.807) is 18.3 Å². The molecule has 2 aromatic rings. The molecule has 1 N–H and O–H groups in total. The Balaban J connectivity index is 2.68. The van der Waals surface area contributed by atoms with E-state index in [1.165, 1.54) is 0 Å². The lowest BCUT2D eigenvalue weighted by Crippen LogP contribution is -1.96. The van der Waals surface area contributed by atoms with Crippen LogP contribution in [0, 0.1) is 0 Å². The van der Waals surface area contributed by atoms with Crippen molar-refractivity contribution in [3.05, 3.63) is 42.2 Å². The quantitative estimate of drug-likeness (QED) is 0.690. The summed E-state index contributed by atoms with van der Waals surface area (Å²) in [7, 11) is 0. The number of carbonyl (C=O) groups is 1. The first kappa shape index (κ1) is 6.91.